The zero-order chi connectivity index (χ0) is 21.8. The summed E-state index contributed by atoms with van der Waals surface area (Å²) >= 11 is 0. The van der Waals surface area contributed by atoms with Crippen molar-refractivity contribution in [2.75, 3.05) is 6.61 Å². The average molecular weight is 418 g/mol. The molecule has 156 valence electrons. The van der Waals surface area contributed by atoms with Gasteiger partial charge in [0.25, 0.3) is 0 Å². The maximum atomic E-state index is 14.6. The smallest absolute Gasteiger partial charge is 0.341 e. The molecule has 0 heterocycles. The lowest BCUT2D eigenvalue weighted by molar-refractivity contribution is -0.139. The Kier molecular flexibility index (Phi) is 6.40. The molecule has 0 atom stereocenters. The van der Waals surface area contributed by atoms with Gasteiger partial charge in [-0.3, -0.25) is 0 Å². The second-order valence-corrected chi connectivity index (χ2v) is 6.77. The molecule has 0 amide bonds. The fourth-order valence-corrected chi connectivity index (χ4v) is 3.27. The number of rotatable bonds is 7. The minimum Gasteiger partial charge on any atom is -0.479 e. The van der Waals surface area contributed by atoms with Crippen LogP contribution < -0.4 is 4.74 Å². The summed E-state index contributed by atoms with van der Waals surface area (Å²) in [5.74, 6) is -4.47. The van der Waals surface area contributed by atoms with Crippen LogP contribution in [0.4, 0.5) is 17.6 Å². The first-order valence-corrected chi connectivity index (χ1v) is 9.12. The molecule has 0 aromatic heterocycles. The molecule has 0 saturated carbocycles. The van der Waals surface area contributed by atoms with Crippen LogP contribution in [0.3, 0.4) is 0 Å². The predicted molar refractivity (Wildman–Crippen MR) is 103 cm³/mol. The highest BCUT2D eigenvalue weighted by Gasteiger charge is 2.17. The van der Waals surface area contributed by atoms with E-state index in [2.05, 4.69) is 0 Å². The third-order valence-electron chi connectivity index (χ3n) is 4.76. The van der Waals surface area contributed by atoms with Gasteiger partial charge in [-0.25, -0.2) is 22.4 Å². The van der Waals surface area contributed by atoms with Gasteiger partial charge in [0, 0.05) is 5.56 Å². The summed E-state index contributed by atoms with van der Waals surface area (Å²) in [5.41, 5.74) is 1.89. The number of aliphatic carboxylic acids is 1. The van der Waals surface area contributed by atoms with Gasteiger partial charge in [-0.15, -0.1) is 0 Å². The van der Waals surface area contributed by atoms with Crippen LogP contribution in [0.2, 0.25) is 0 Å². The number of carboxylic acid groups (broad SMARTS) is 1. The van der Waals surface area contributed by atoms with E-state index in [1.807, 2.05) is 0 Å². The van der Waals surface area contributed by atoms with Crippen molar-refractivity contribution in [3.05, 3.63) is 88.5 Å². The lowest BCUT2D eigenvalue weighted by atomic mass is 9.93. The minimum absolute atomic E-state index is 0.102. The van der Waals surface area contributed by atoms with Crippen LogP contribution in [0.1, 0.15) is 16.7 Å². The highest BCUT2D eigenvalue weighted by Crippen LogP contribution is 2.30. The molecule has 3 aromatic carbocycles. The summed E-state index contributed by atoms with van der Waals surface area (Å²) in [5, 5.41) is 8.65. The number of hydrogen-bond acceptors (Lipinski definition) is 2. The Balaban J connectivity index is 1.89. The van der Waals surface area contributed by atoms with E-state index in [0.29, 0.717) is 22.3 Å². The molecule has 0 bridgehead atoms. The first-order valence-electron chi connectivity index (χ1n) is 9.12. The maximum absolute atomic E-state index is 14.6. The summed E-state index contributed by atoms with van der Waals surface area (Å²) in [6.07, 6.45) is 0.0109. The van der Waals surface area contributed by atoms with E-state index in [-0.39, 0.29) is 24.2 Å². The lowest BCUT2D eigenvalue weighted by Gasteiger charge is -2.14. The topological polar surface area (TPSA) is 46.5 Å². The van der Waals surface area contributed by atoms with E-state index in [1.165, 1.54) is 30.3 Å². The lowest BCUT2D eigenvalue weighted by Crippen LogP contribution is -2.11. The van der Waals surface area contributed by atoms with Gasteiger partial charge < -0.3 is 9.84 Å². The van der Waals surface area contributed by atoms with Crippen LogP contribution in [0.25, 0.3) is 11.1 Å². The molecule has 3 nitrogen and oxygen atoms in total. The van der Waals surface area contributed by atoms with Crippen LogP contribution in [0, 0.1) is 30.2 Å². The highest BCUT2D eigenvalue weighted by atomic mass is 19.1. The zero-order valence-corrected chi connectivity index (χ0v) is 16.0. The summed E-state index contributed by atoms with van der Waals surface area (Å²) in [7, 11) is 0. The Morgan fingerprint density at radius 2 is 1.73 bits per heavy atom. The predicted octanol–water partition coefficient (Wildman–Crippen LogP) is 5.47. The first kappa shape index (κ1) is 21.4. The molecular formula is C23H18F4O3. The molecule has 0 fully saturated rings. The van der Waals surface area contributed by atoms with Crippen molar-refractivity contribution in [1.29, 1.82) is 0 Å². The van der Waals surface area contributed by atoms with E-state index in [1.54, 1.807) is 13.0 Å². The fraction of sp³-hybridized carbons (Fsp3) is 0.174. The van der Waals surface area contributed by atoms with Crippen molar-refractivity contribution in [3.8, 4) is 16.9 Å². The Hall–Kier alpha value is -3.35. The Morgan fingerprint density at radius 1 is 0.967 bits per heavy atom. The molecule has 0 aliphatic rings. The largest absolute Gasteiger partial charge is 0.479 e. The van der Waals surface area contributed by atoms with Gasteiger partial charge in [0.1, 0.15) is 17.5 Å². The van der Waals surface area contributed by atoms with E-state index < -0.39 is 35.8 Å². The normalized spacial score (nSPS) is 10.8. The van der Waals surface area contributed by atoms with Gasteiger partial charge in [0.05, 0.1) is 0 Å². The maximum Gasteiger partial charge on any atom is 0.341 e. The van der Waals surface area contributed by atoms with Crippen molar-refractivity contribution >= 4 is 5.97 Å². The first-order chi connectivity index (χ1) is 14.3. The number of benzene rings is 3. The molecule has 1 N–H and O–H groups in total. The Morgan fingerprint density at radius 3 is 2.43 bits per heavy atom. The number of hydrogen-bond donors (Lipinski definition) is 1. The van der Waals surface area contributed by atoms with E-state index in [9.17, 15) is 22.4 Å². The molecule has 30 heavy (non-hydrogen) atoms. The van der Waals surface area contributed by atoms with Crippen molar-refractivity contribution in [3.63, 3.8) is 0 Å². The van der Waals surface area contributed by atoms with Crippen LogP contribution in [-0.2, 0) is 17.6 Å². The molecule has 0 saturated heterocycles. The third-order valence-corrected chi connectivity index (χ3v) is 4.76. The van der Waals surface area contributed by atoms with Gasteiger partial charge in [-0.2, -0.15) is 0 Å². The highest BCUT2D eigenvalue weighted by molar-refractivity contribution is 5.69. The number of ether oxygens (including phenoxy) is 1. The summed E-state index contributed by atoms with van der Waals surface area (Å²) < 4.78 is 61.4. The van der Waals surface area contributed by atoms with Crippen LogP contribution >= 0.6 is 0 Å². The minimum atomic E-state index is -1.29. The monoisotopic (exact) mass is 418 g/mol. The zero-order valence-electron chi connectivity index (χ0n) is 16.0. The molecule has 3 aromatic rings. The van der Waals surface area contributed by atoms with Crippen molar-refractivity contribution in [1.82, 2.24) is 0 Å². The SMILES string of the molecule is Cc1c(CCc2c(F)ccc(OCC(=O)O)c2F)cc(F)cc1-c1cccc(F)c1. The Bertz CT molecular complexity index is 1100. The van der Waals surface area contributed by atoms with Gasteiger partial charge >= 0.3 is 5.97 Å². The van der Waals surface area contributed by atoms with Crippen LogP contribution in [0.5, 0.6) is 5.75 Å². The average Bonchev–Trinajstić information content (AvgIpc) is 2.69. The Labute approximate surface area is 170 Å². The number of carboxylic acids is 1. The molecule has 0 aliphatic heterocycles. The summed E-state index contributed by atoms with van der Waals surface area (Å²) in [4.78, 5) is 10.6. The standard InChI is InChI=1S/C23H18F4O3/c1-13-14(9-17(25)11-19(13)15-3-2-4-16(24)10-15)5-6-18-20(26)7-8-21(23(18)27)30-12-22(28)29/h2-4,7-11H,5-6,12H2,1H3,(H,28,29). The van der Waals surface area contributed by atoms with E-state index in [0.717, 1.165) is 12.1 Å². The fourth-order valence-electron chi connectivity index (χ4n) is 3.27. The quantitative estimate of drug-likeness (QED) is 0.518. The van der Waals surface area contributed by atoms with Crippen LogP contribution in [-0.4, -0.2) is 17.7 Å². The number of carbonyl (C=O) groups is 1. The summed E-state index contributed by atoms with van der Waals surface area (Å²) in [6.45, 7) is 0.968. The van der Waals surface area contributed by atoms with Gasteiger partial charge in [-0.05, 0) is 78.4 Å². The molecule has 3 rings (SSSR count). The molecule has 0 aliphatic carbocycles. The molecule has 0 radical (unpaired) electrons. The number of halogens is 4. The second kappa shape index (κ2) is 8.98. The van der Waals surface area contributed by atoms with E-state index >= 15 is 0 Å². The van der Waals surface area contributed by atoms with Crippen LogP contribution in [0.15, 0.2) is 48.5 Å². The third kappa shape index (κ3) is 4.79. The van der Waals surface area contributed by atoms with Gasteiger partial charge in [0.15, 0.2) is 18.2 Å². The van der Waals surface area contributed by atoms with Crippen molar-refractivity contribution < 1.29 is 32.2 Å². The summed E-state index contributed by atoms with van der Waals surface area (Å²) in [6, 6.07) is 10.3. The molecule has 0 unspecified atom stereocenters. The molecule has 0 spiro atoms. The van der Waals surface area contributed by atoms with Gasteiger partial charge in [0.2, 0.25) is 0 Å². The van der Waals surface area contributed by atoms with Crippen molar-refractivity contribution in [2.45, 2.75) is 19.8 Å². The molecule has 7 heteroatoms. The van der Waals surface area contributed by atoms with E-state index in [4.69, 9.17) is 9.84 Å². The second-order valence-electron chi connectivity index (χ2n) is 6.77. The van der Waals surface area contributed by atoms with Crippen molar-refractivity contribution in [2.24, 2.45) is 0 Å². The van der Waals surface area contributed by atoms with Gasteiger partial charge in [-0.1, -0.05) is 12.1 Å². The number of aryl methyl sites for hydroxylation is 1. The molecular weight excluding hydrogens is 400 g/mol.